The molecular formula is C12H10ClN3O. The highest BCUT2D eigenvalue weighted by atomic mass is 35.5. The number of nitrogen functional groups attached to an aromatic ring is 1. The Morgan fingerprint density at radius 2 is 1.94 bits per heavy atom. The van der Waals surface area contributed by atoms with Crippen LogP contribution in [0.4, 0.5) is 0 Å². The molecule has 0 aliphatic rings. The average Bonchev–Trinajstić information content (AvgIpc) is 2.32. The van der Waals surface area contributed by atoms with Gasteiger partial charge in [0, 0.05) is 22.8 Å². The molecule has 2 aromatic rings. The van der Waals surface area contributed by atoms with Gasteiger partial charge in [-0.3, -0.25) is 5.41 Å². The average molecular weight is 248 g/mol. The summed E-state index contributed by atoms with van der Waals surface area (Å²) >= 11 is 5.77. The van der Waals surface area contributed by atoms with E-state index in [9.17, 15) is 0 Å². The Labute approximate surface area is 104 Å². The normalized spacial score (nSPS) is 9.94. The van der Waals surface area contributed by atoms with E-state index in [1.807, 2.05) is 0 Å². The zero-order valence-corrected chi connectivity index (χ0v) is 9.61. The maximum Gasteiger partial charge on any atom is 0.219 e. The Morgan fingerprint density at radius 1 is 1.24 bits per heavy atom. The van der Waals surface area contributed by atoms with Crippen LogP contribution in [0.3, 0.4) is 0 Å². The van der Waals surface area contributed by atoms with E-state index in [4.69, 9.17) is 27.5 Å². The van der Waals surface area contributed by atoms with E-state index in [-0.39, 0.29) is 5.84 Å². The van der Waals surface area contributed by atoms with Crippen molar-refractivity contribution >= 4 is 17.4 Å². The van der Waals surface area contributed by atoms with Gasteiger partial charge in [-0.2, -0.15) is 0 Å². The van der Waals surface area contributed by atoms with Crippen LogP contribution in [0.1, 0.15) is 5.56 Å². The summed E-state index contributed by atoms with van der Waals surface area (Å²) in [4.78, 5) is 4.03. The van der Waals surface area contributed by atoms with Crippen molar-refractivity contribution < 1.29 is 4.74 Å². The zero-order valence-electron chi connectivity index (χ0n) is 8.85. The Balaban J connectivity index is 2.21. The van der Waals surface area contributed by atoms with Crippen LogP contribution in [0, 0.1) is 5.41 Å². The first-order valence-corrected chi connectivity index (χ1v) is 5.27. The number of ether oxygens (including phenoxy) is 1. The minimum Gasteiger partial charge on any atom is -0.439 e. The summed E-state index contributed by atoms with van der Waals surface area (Å²) in [5.74, 6) is 0.996. The summed E-state index contributed by atoms with van der Waals surface area (Å²) < 4.78 is 5.50. The molecule has 0 bridgehead atoms. The lowest BCUT2D eigenvalue weighted by atomic mass is 10.2. The first kappa shape index (κ1) is 11.4. The van der Waals surface area contributed by atoms with Gasteiger partial charge in [0.2, 0.25) is 5.88 Å². The van der Waals surface area contributed by atoms with E-state index < -0.39 is 0 Å². The summed E-state index contributed by atoms with van der Waals surface area (Å²) in [5.41, 5.74) is 5.95. The Hall–Kier alpha value is -2.07. The van der Waals surface area contributed by atoms with Gasteiger partial charge in [-0.25, -0.2) is 4.98 Å². The summed E-state index contributed by atoms with van der Waals surface area (Å²) in [6.45, 7) is 0. The highest BCUT2D eigenvalue weighted by Gasteiger charge is 2.02. The number of amidine groups is 1. The molecule has 0 amide bonds. The fraction of sp³-hybridized carbons (Fsp3) is 0. The number of benzene rings is 1. The van der Waals surface area contributed by atoms with Gasteiger partial charge >= 0.3 is 0 Å². The number of hydrogen-bond donors (Lipinski definition) is 2. The third-order valence-electron chi connectivity index (χ3n) is 2.08. The summed E-state index contributed by atoms with van der Waals surface area (Å²) in [6.07, 6.45) is 1.54. The minimum absolute atomic E-state index is 0.0200. The molecule has 17 heavy (non-hydrogen) atoms. The number of hydrogen-bond acceptors (Lipinski definition) is 3. The molecule has 4 nitrogen and oxygen atoms in total. The number of halogens is 1. The minimum atomic E-state index is -0.0200. The van der Waals surface area contributed by atoms with Crippen molar-refractivity contribution in [2.75, 3.05) is 0 Å². The van der Waals surface area contributed by atoms with Crippen molar-refractivity contribution in [2.45, 2.75) is 0 Å². The number of nitrogens with one attached hydrogen (secondary N) is 1. The molecule has 0 spiro atoms. The fourth-order valence-corrected chi connectivity index (χ4v) is 1.38. The van der Waals surface area contributed by atoms with E-state index in [0.29, 0.717) is 22.2 Å². The van der Waals surface area contributed by atoms with Crippen LogP contribution in [0.2, 0.25) is 5.02 Å². The topological polar surface area (TPSA) is 72.0 Å². The smallest absolute Gasteiger partial charge is 0.219 e. The summed E-state index contributed by atoms with van der Waals surface area (Å²) in [6, 6.07) is 10.2. The van der Waals surface area contributed by atoms with Crippen molar-refractivity contribution in [3.8, 4) is 11.6 Å². The molecule has 0 atom stereocenters. The van der Waals surface area contributed by atoms with Gasteiger partial charge in [0.15, 0.2) is 0 Å². The van der Waals surface area contributed by atoms with E-state index in [1.165, 1.54) is 0 Å². The number of aromatic nitrogens is 1. The number of nitrogens with zero attached hydrogens (tertiary/aromatic N) is 1. The first-order valence-electron chi connectivity index (χ1n) is 4.89. The van der Waals surface area contributed by atoms with Crippen LogP contribution < -0.4 is 10.5 Å². The standard InChI is InChI=1S/C12H10ClN3O/c13-9-1-3-10(4-2-9)17-11-7-8(12(14)15)5-6-16-11/h1-7H,(H3,14,15). The molecule has 0 fully saturated rings. The largest absolute Gasteiger partial charge is 0.439 e. The molecular weight excluding hydrogens is 238 g/mol. The molecule has 2 rings (SSSR count). The highest BCUT2D eigenvalue weighted by molar-refractivity contribution is 6.30. The van der Waals surface area contributed by atoms with Crippen molar-refractivity contribution in [3.05, 3.63) is 53.2 Å². The number of rotatable bonds is 3. The Bertz CT molecular complexity index is 540. The molecule has 3 N–H and O–H groups in total. The van der Waals surface area contributed by atoms with E-state index in [0.717, 1.165) is 0 Å². The second kappa shape index (κ2) is 4.84. The van der Waals surface area contributed by atoms with Crippen molar-refractivity contribution in [2.24, 2.45) is 5.73 Å². The molecule has 0 saturated carbocycles. The van der Waals surface area contributed by atoms with Crippen LogP contribution in [-0.4, -0.2) is 10.8 Å². The van der Waals surface area contributed by atoms with Gasteiger partial charge in [0.1, 0.15) is 11.6 Å². The maximum absolute atomic E-state index is 7.32. The van der Waals surface area contributed by atoms with E-state index >= 15 is 0 Å². The second-order valence-corrected chi connectivity index (χ2v) is 3.79. The predicted molar refractivity (Wildman–Crippen MR) is 66.8 cm³/mol. The van der Waals surface area contributed by atoms with Gasteiger partial charge in [0.05, 0.1) is 0 Å². The molecule has 0 aliphatic heterocycles. The van der Waals surface area contributed by atoms with Gasteiger partial charge in [-0.15, -0.1) is 0 Å². The molecule has 5 heteroatoms. The monoisotopic (exact) mass is 247 g/mol. The second-order valence-electron chi connectivity index (χ2n) is 3.35. The lowest BCUT2D eigenvalue weighted by molar-refractivity contribution is 0.463. The van der Waals surface area contributed by atoms with Crippen LogP contribution in [0.25, 0.3) is 0 Å². The SMILES string of the molecule is N=C(N)c1ccnc(Oc2ccc(Cl)cc2)c1. The van der Waals surface area contributed by atoms with Crippen LogP contribution in [0.15, 0.2) is 42.6 Å². The summed E-state index contributed by atoms with van der Waals surface area (Å²) in [5, 5.41) is 7.96. The lowest BCUT2D eigenvalue weighted by Gasteiger charge is -2.05. The number of pyridine rings is 1. The van der Waals surface area contributed by atoms with Gasteiger partial charge in [-0.1, -0.05) is 11.6 Å². The molecule has 1 heterocycles. The Morgan fingerprint density at radius 3 is 2.59 bits per heavy atom. The molecule has 1 aromatic carbocycles. The third-order valence-corrected chi connectivity index (χ3v) is 2.33. The zero-order chi connectivity index (χ0) is 12.3. The van der Waals surface area contributed by atoms with Crippen molar-refractivity contribution in [1.29, 1.82) is 5.41 Å². The van der Waals surface area contributed by atoms with E-state index in [1.54, 1.807) is 42.6 Å². The molecule has 0 radical (unpaired) electrons. The lowest BCUT2D eigenvalue weighted by Crippen LogP contribution is -2.11. The first-order chi connectivity index (χ1) is 8.15. The quantitative estimate of drug-likeness (QED) is 0.647. The maximum atomic E-state index is 7.32. The van der Waals surface area contributed by atoms with Crippen molar-refractivity contribution in [1.82, 2.24) is 4.98 Å². The van der Waals surface area contributed by atoms with Crippen LogP contribution >= 0.6 is 11.6 Å². The molecule has 0 aliphatic carbocycles. The molecule has 86 valence electrons. The third kappa shape index (κ3) is 2.95. The molecule has 0 saturated heterocycles. The van der Waals surface area contributed by atoms with Gasteiger partial charge < -0.3 is 10.5 Å². The van der Waals surface area contributed by atoms with Crippen molar-refractivity contribution in [3.63, 3.8) is 0 Å². The van der Waals surface area contributed by atoms with Crippen LogP contribution in [-0.2, 0) is 0 Å². The van der Waals surface area contributed by atoms with Gasteiger partial charge in [0.25, 0.3) is 0 Å². The molecule has 0 unspecified atom stereocenters. The highest BCUT2D eigenvalue weighted by Crippen LogP contribution is 2.21. The molecule has 1 aromatic heterocycles. The number of nitrogens with two attached hydrogens (primary N) is 1. The van der Waals surface area contributed by atoms with E-state index in [2.05, 4.69) is 4.98 Å². The van der Waals surface area contributed by atoms with Gasteiger partial charge in [-0.05, 0) is 30.3 Å². The fourth-order valence-electron chi connectivity index (χ4n) is 1.26. The Kier molecular flexibility index (Phi) is 3.25. The predicted octanol–water partition coefficient (Wildman–Crippen LogP) is 2.81. The van der Waals surface area contributed by atoms with Crippen LogP contribution in [0.5, 0.6) is 11.6 Å². The summed E-state index contributed by atoms with van der Waals surface area (Å²) in [7, 11) is 0.